The third kappa shape index (κ3) is 8.60. The Balaban J connectivity index is 0. The molecule has 0 fully saturated rings. The van der Waals surface area contributed by atoms with Crippen LogP contribution in [0, 0.1) is 46.1 Å². The van der Waals surface area contributed by atoms with E-state index in [1.807, 2.05) is 0 Å². The van der Waals surface area contributed by atoms with E-state index in [4.69, 9.17) is 32.5 Å². The fourth-order valence-electron chi connectivity index (χ4n) is 0.285. The second-order valence-corrected chi connectivity index (χ2v) is 4.00. The summed E-state index contributed by atoms with van der Waals surface area (Å²) in [7, 11) is 0. The zero-order chi connectivity index (χ0) is 13.6. The first-order chi connectivity index (χ1) is 8.16. The van der Waals surface area contributed by atoms with Gasteiger partial charge in [-0.1, -0.05) is 0 Å². The van der Waals surface area contributed by atoms with Gasteiger partial charge in [-0.25, -0.2) is 0 Å². The van der Waals surface area contributed by atoms with Gasteiger partial charge in [0.15, 0.2) is 0 Å². The average Bonchev–Trinajstić information content (AvgIpc) is 2.31. The van der Waals surface area contributed by atoms with Gasteiger partial charge in [0.05, 0.1) is 0 Å². The predicted octanol–water partition coefficient (Wildman–Crippen LogP) is -1.31. The maximum atomic E-state index is 8.08. The molecule has 0 saturated heterocycles. The largest absolute Gasteiger partial charge is 0.329 e. The third-order valence-corrected chi connectivity index (χ3v) is 2.46. The summed E-state index contributed by atoms with van der Waals surface area (Å²) in [6.07, 6.45) is 4.42. The summed E-state index contributed by atoms with van der Waals surface area (Å²) in [6.45, 7) is 1.19. The minimum Gasteiger partial charge on any atom is -0.329 e. The van der Waals surface area contributed by atoms with E-state index in [0.29, 0.717) is 13.1 Å². The summed E-state index contributed by atoms with van der Waals surface area (Å²) < 4.78 is 16.3. The Morgan fingerprint density at radius 2 is 0.941 bits per heavy atom. The molecule has 0 atom stereocenters. The molecule has 0 spiro atoms. The van der Waals surface area contributed by atoms with E-state index < -0.39 is 14.4 Å². The number of hydrogen-bond acceptors (Lipinski definition) is 10. The van der Waals surface area contributed by atoms with Crippen molar-refractivity contribution in [2.75, 3.05) is 13.1 Å². The number of hydrogen-bond donors (Lipinski definition) is 2. The molecular weight excluding hydrogens is 272 g/mol. The average molecular weight is 280 g/mol. The molecule has 0 amide bonds. The van der Waals surface area contributed by atoms with Gasteiger partial charge in [0.1, 0.15) is 0 Å². The first-order valence-electron chi connectivity index (χ1n) is 3.69. The van der Waals surface area contributed by atoms with Crippen molar-refractivity contribution in [1.82, 2.24) is 0 Å². The molecule has 0 heterocycles. The summed E-state index contributed by atoms with van der Waals surface area (Å²) in [4.78, 5) is 0. The summed E-state index contributed by atoms with van der Waals surface area (Å²) >= 11 is -4.43. The molecule has 0 saturated carbocycles. The van der Waals surface area contributed by atoms with Gasteiger partial charge in [-0.05, 0) is 0 Å². The van der Waals surface area contributed by atoms with Crippen molar-refractivity contribution in [3.05, 3.63) is 0 Å². The van der Waals surface area contributed by atoms with E-state index in [1.54, 1.807) is 0 Å². The second-order valence-electron chi connectivity index (χ2n) is 1.68. The van der Waals surface area contributed by atoms with E-state index in [0.717, 1.165) is 25.0 Å². The molecule has 0 aliphatic carbocycles. The minimum absolute atomic E-state index is 0.597. The van der Waals surface area contributed by atoms with Crippen molar-refractivity contribution < 1.29 is 29.6 Å². The SMILES string of the molecule is N#C[O][Cr]([O]C#N)([O]C#N)[O]C#N.NCCN. The number of nitrogens with two attached hydrogens (primary N) is 2. The Morgan fingerprint density at radius 3 is 1.06 bits per heavy atom. The van der Waals surface area contributed by atoms with Crippen LogP contribution in [0.5, 0.6) is 0 Å². The van der Waals surface area contributed by atoms with Crippen molar-refractivity contribution in [2.24, 2.45) is 11.5 Å². The second kappa shape index (κ2) is 11.7. The zero-order valence-electron chi connectivity index (χ0n) is 8.40. The molecule has 0 bridgehead atoms. The molecule has 0 aromatic heterocycles. The first-order valence-corrected chi connectivity index (χ1v) is 5.78. The van der Waals surface area contributed by atoms with Gasteiger partial charge >= 0.3 is 75.6 Å². The molecule has 0 aliphatic heterocycles. The molecule has 0 aromatic rings. The molecular formula is C6H8CrN6O4. The normalized spacial score (nSPS) is 8.59. The maximum absolute atomic E-state index is 8.08. The molecule has 0 rings (SSSR count). The van der Waals surface area contributed by atoms with Crippen molar-refractivity contribution in [2.45, 2.75) is 0 Å². The van der Waals surface area contributed by atoms with Crippen molar-refractivity contribution >= 4 is 0 Å². The monoisotopic (exact) mass is 280 g/mol. The topological polar surface area (TPSA) is 184 Å². The standard InChI is InChI=1S/C2H8N2.4CHNO.Cr/c3-1-2-4;4*2-1-3;/h1-4H2;4*3H;/q;;;;;+4/p-4. The molecule has 4 N–H and O–H groups in total. The first kappa shape index (κ1) is 17.0. The molecule has 0 aromatic carbocycles. The molecule has 92 valence electrons. The Bertz CT molecular complexity index is 291. The summed E-state index contributed by atoms with van der Waals surface area (Å²) in [5.74, 6) is 0. The van der Waals surface area contributed by atoms with E-state index >= 15 is 0 Å². The zero-order valence-corrected chi connectivity index (χ0v) is 9.67. The Labute approximate surface area is 101 Å². The molecule has 11 heteroatoms. The molecule has 10 nitrogen and oxygen atoms in total. The van der Waals surface area contributed by atoms with E-state index in [1.165, 1.54) is 0 Å². The number of rotatable bonds is 5. The van der Waals surface area contributed by atoms with Gasteiger partial charge < -0.3 is 11.5 Å². The Morgan fingerprint density at radius 1 is 0.706 bits per heavy atom. The van der Waals surface area contributed by atoms with Crippen molar-refractivity contribution in [1.29, 1.82) is 21.0 Å². The number of nitriles is 4. The molecule has 17 heavy (non-hydrogen) atoms. The van der Waals surface area contributed by atoms with Gasteiger partial charge in [-0.3, -0.25) is 0 Å². The fourth-order valence-corrected chi connectivity index (χ4v) is 1.17. The van der Waals surface area contributed by atoms with Gasteiger partial charge in [-0.15, -0.1) is 0 Å². The summed E-state index contributed by atoms with van der Waals surface area (Å²) in [5, 5.41) is 32.3. The summed E-state index contributed by atoms with van der Waals surface area (Å²) in [5.41, 5.74) is 9.81. The predicted molar refractivity (Wildman–Crippen MR) is 44.9 cm³/mol. The van der Waals surface area contributed by atoms with Crippen LogP contribution in [0.2, 0.25) is 0 Å². The summed E-state index contributed by atoms with van der Waals surface area (Å²) in [6, 6.07) is 0. The Kier molecular flexibility index (Phi) is 11.7. The van der Waals surface area contributed by atoms with E-state index in [-0.39, 0.29) is 0 Å². The van der Waals surface area contributed by atoms with Gasteiger partial charge in [0.2, 0.25) is 0 Å². The van der Waals surface area contributed by atoms with Gasteiger partial charge in [-0.2, -0.15) is 0 Å². The van der Waals surface area contributed by atoms with Crippen molar-refractivity contribution in [3.8, 4) is 25.0 Å². The minimum atomic E-state index is -4.43. The van der Waals surface area contributed by atoms with E-state index in [9.17, 15) is 0 Å². The van der Waals surface area contributed by atoms with Crippen LogP contribution in [0.1, 0.15) is 0 Å². The van der Waals surface area contributed by atoms with Crippen LogP contribution in [-0.2, 0) is 29.6 Å². The third-order valence-electron chi connectivity index (χ3n) is 0.724. The van der Waals surface area contributed by atoms with E-state index in [2.05, 4.69) is 15.2 Å². The Hall–Kier alpha value is -2.39. The maximum Gasteiger partial charge on any atom is 0.00461 e. The van der Waals surface area contributed by atoms with Crippen LogP contribution in [0.3, 0.4) is 0 Å². The smallest absolute Gasteiger partial charge is 0.00461 e. The van der Waals surface area contributed by atoms with Crippen LogP contribution in [0.4, 0.5) is 0 Å². The number of nitrogens with zero attached hydrogens (tertiary/aromatic N) is 4. The van der Waals surface area contributed by atoms with Gasteiger partial charge in [0, 0.05) is 13.1 Å². The van der Waals surface area contributed by atoms with Crippen LogP contribution < -0.4 is 11.5 Å². The molecule has 0 radical (unpaired) electrons. The fraction of sp³-hybridized carbons (Fsp3) is 0.333. The quantitative estimate of drug-likeness (QED) is 0.573. The van der Waals surface area contributed by atoms with Crippen molar-refractivity contribution in [3.63, 3.8) is 0 Å². The molecule has 0 aliphatic rings. The van der Waals surface area contributed by atoms with Crippen LogP contribution >= 0.6 is 0 Å². The van der Waals surface area contributed by atoms with Gasteiger partial charge in [0.25, 0.3) is 0 Å². The van der Waals surface area contributed by atoms with Crippen LogP contribution in [0.15, 0.2) is 0 Å². The van der Waals surface area contributed by atoms with Crippen LogP contribution in [0.25, 0.3) is 0 Å². The molecule has 0 unspecified atom stereocenters. The van der Waals surface area contributed by atoms with Crippen LogP contribution in [-0.4, -0.2) is 13.1 Å².